The van der Waals surface area contributed by atoms with Gasteiger partial charge in [-0.05, 0) is 59.1 Å². The zero-order valence-corrected chi connectivity index (χ0v) is 20.0. The molecule has 1 N–H and O–H groups in total. The van der Waals surface area contributed by atoms with E-state index in [0.717, 1.165) is 0 Å². The Kier molecular flexibility index (Phi) is 6.87. The van der Waals surface area contributed by atoms with Crippen LogP contribution in [0.15, 0.2) is 23.2 Å². The van der Waals surface area contributed by atoms with E-state index in [0.29, 0.717) is 35.6 Å². The second-order valence-electron chi connectivity index (χ2n) is 9.45. The number of hydrogen-bond donors (Lipinski definition) is 1. The largest absolute Gasteiger partial charge is 0.444 e. The van der Waals surface area contributed by atoms with Crippen molar-refractivity contribution in [1.29, 1.82) is 0 Å². The van der Waals surface area contributed by atoms with E-state index < -0.39 is 17.2 Å². The molecule has 32 heavy (non-hydrogen) atoms. The van der Waals surface area contributed by atoms with Crippen LogP contribution in [0.4, 0.5) is 4.79 Å². The summed E-state index contributed by atoms with van der Waals surface area (Å²) in [5, 5.41) is 3.08. The van der Waals surface area contributed by atoms with Crippen LogP contribution < -0.4 is 5.32 Å². The Labute approximate surface area is 194 Å². The van der Waals surface area contributed by atoms with Crippen LogP contribution in [0.25, 0.3) is 0 Å². The van der Waals surface area contributed by atoms with Gasteiger partial charge in [-0.15, -0.1) is 6.42 Å². The summed E-state index contributed by atoms with van der Waals surface area (Å²) in [7, 11) is 0. The fourth-order valence-corrected chi connectivity index (χ4v) is 4.49. The maximum absolute atomic E-state index is 13.5. The number of nitrogens with one attached hydrogen (secondary N) is 1. The molecule has 0 bridgehead atoms. The Morgan fingerprint density at radius 1 is 1.44 bits per heavy atom. The lowest BCUT2D eigenvalue weighted by molar-refractivity contribution is -0.133. The molecule has 3 atom stereocenters. The maximum Gasteiger partial charge on any atom is 0.414 e. The summed E-state index contributed by atoms with van der Waals surface area (Å²) in [6.45, 7) is 9.62. The van der Waals surface area contributed by atoms with Crippen LogP contribution in [0, 0.1) is 12.3 Å². The summed E-state index contributed by atoms with van der Waals surface area (Å²) in [6, 6.07) is 5.18. The van der Waals surface area contributed by atoms with Crippen molar-refractivity contribution in [2.24, 2.45) is 4.99 Å². The summed E-state index contributed by atoms with van der Waals surface area (Å²) in [5.74, 6) is 2.55. The first-order valence-electron chi connectivity index (χ1n) is 10.7. The third-order valence-corrected chi connectivity index (χ3v) is 5.92. The highest BCUT2D eigenvalue weighted by molar-refractivity contribution is 6.32. The van der Waals surface area contributed by atoms with Crippen molar-refractivity contribution in [3.63, 3.8) is 0 Å². The number of benzene rings is 1. The predicted molar refractivity (Wildman–Crippen MR) is 123 cm³/mol. The van der Waals surface area contributed by atoms with E-state index >= 15 is 0 Å². The van der Waals surface area contributed by atoms with Crippen LogP contribution in [0.1, 0.15) is 65.0 Å². The summed E-state index contributed by atoms with van der Waals surface area (Å²) >= 11 is 6.56. The number of hydrogen-bond acceptors (Lipinski definition) is 5. The van der Waals surface area contributed by atoms with Gasteiger partial charge in [0.25, 0.3) is 0 Å². The van der Waals surface area contributed by atoms with E-state index in [9.17, 15) is 9.59 Å². The van der Waals surface area contributed by atoms with Crippen molar-refractivity contribution < 1.29 is 19.1 Å². The van der Waals surface area contributed by atoms with Crippen LogP contribution in [0.5, 0.6) is 0 Å². The smallest absolute Gasteiger partial charge is 0.414 e. The molecular weight excluding hydrogens is 430 g/mol. The molecular formula is C24H30ClN3O4. The Balaban J connectivity index is 2.04. The fourth-order valence-electron chi connectivity index (χ4n) is 4.11. The maximum atomic E-state index is 13.5. The molecule has 0 saturated carbocycles. The van der Waals surface area contributed by atoms with E-state index in [4.69, 9.17) is 32.5 Å². The first-order chi connectivity index (χ1) is 14.9. The van der Waals surface area contributed by atoms with Gasteiger partial charge in [-0.25, -0.2) is 9.79 Å². The number of rotatable bonds is 2. The molecule has 1 saturated heterocycles. The van der Waals surface area contributed by atoms with Crippen molar-refractivity contribution in [2.75, 3.05) is 6.61 Å². The highest BCUT2D eigenvalue weighted by Crippen LogP contribution is 2.39. The van der Waals surface area contributed by atoms with E-state index in [1.54, 1.807) is 43.9 Å². The van der Waals surface area contributed by atoms with Gasteiger partial charge in [0.15, 0.2) is 0 Å². The second-order valence-corrected chi connectivity index (χ2v) is 9.83. The van der Waals surface area contributed by atoms with Gasteiger partial charge >= 0.3 is 6.09 Å². The summed E-state index contributed by atoms with van der Waals surface area (Å²) in [4.78, 5) is 32.5. The Morgan fingerprint density at radius 3 is 2.78 bits per heavy atom. The zero-order chi connectivity index (χ0) is 23.7. The van der Waals surface area contributed by atoms with Crippen molar-refractivity contribution in [3.05, 3.63) is 34.3 Å². The molecule has 0 unspecified atom stereocenters. The first-order valence-corrected chi connectivity index (χ1v) is 11.1. The monoisotopic (exact) mass is 459 g/mol. The number of terminal acetylenes is 1. The first kappa shape index (κ1) is 24.1. The zero-order valence-electron chi connectivity index (χ0n) is 19.2. The molecule has 172 valence electrons. The molecule has 1 aromatic rings. The summed E-state index contributed by atoms with van der Waals surface area (Å²) < 4.78 is 11.1. The molecule has 0 aliphatic carbocycles. The van der Waals surface area contributed by atoms with Crippen molar-refractivity contribution >= 4 is 29.6 Å². The molecule has 2 aliphatic rings. The van der Waals surface area contributed by atoms with Crippen LogP contribution in [0.2, 0.25) is 5.02 Å². The van der Waals surface area contributed by atoms with Gasteiger partial charge in [0.1, 0.15) is 5.60 Å². The molecule has 0 spiro atoms. The number of amides is 2. The SMILES string of the molecule is C#Cc1cccc([C@]2(C)CC(=O)N([C@H]3CCO[C@@H](C)C3)C(NC(=O)OC(C)(C)C)=N2)c1Cl. The van der Waals surface area contributed by atoms with Crippen LogP contribution in [0.3, 0.4) is 0 Å². The Morgan fingerprint density at radius 2 is 2.16 bits per heavy atom. The number of halogens is 1. The molecule has 8 heteroatoms. The molecule has 0 aromatic heterocycles. The van der Waals surface area contributed by atoms with Crippen LogP contribution in [-0.4, -0.2) is 47.2 Å². The minimum Gasteiger partial charge on any atom is -0.444 e. The average Bonchev–Trinajstić information content (AvgIpc) is 2.66. The van der Waals surface area contributed by atoms with Crippen LogP contribution in [-0.2, 0) is 19.8 Å². The third-order valence-electron chi connectivity index (χ3n) is 5.51. The normalized spacial score (nSPS) is 26.2. The summed E-state index contributed by atoms with van der Waals surface area (Å²) in [5.41, 5.74) is -0.546. The molecule has 7 nitrogen and oxygen atoms in total. The van der Waals surface area contributed by atoms with Gasteiger partial charge in [-0.1, -0.05) is 29.7 Å². The number of aliphatic imine (C=N–C) groups is 1. The third kappa shape index (κ3) is 5.25. The molecule has 2 amide bonds. The lowest BCUT2D eigenvalue weighted by Crippen LogP contribution is -2.58. The van der Waals surface area contributed by atoms with Gasteiger partial charge in [-0.2, -0.15) is 0 Å². The fraction of sp³-hybridized carbons (Fsp3) is 0.542. The van der Waals surface area contributed by atoms with Crippen molar-refractivity contribution in [2.45, 2.75) is 77.2 Å². The van der Waals surface area contributed by atoms with Gasteiger partial charge in [-0.3, -0.25) is 15.0 Å². The second kappa shape index (κ2) is 9.13. The molecule has 2 aliphatic heterocycles. The molecule has 2 heterocycles. The number of carbonyl (C=O) groups excluding carboxylic acids is 2. The lowest BCUT2D eigenvalue weighted by atomic mass is 9.86. The highest BCUT2D eigenvalue weighted by Gasteiger charge is 2.43. The highest BCUT2D eigenvalue weighted by atomic mass is 35.5. The van der Waals surface area contributed by atoms with Gasteiger partial charge in [0.05, 0.1) is 23.1 Å². The number of alkyl carbamates (subject to hydrolysis) is 1. The standard InChI is InChI=1S/C24H30ClN3O4/c1-7-16-9-8-10-18(20(16)25)24(6)14-19(29)28(17-11-12-31-15(2)13-17)21(27-24)26-22(30)32-23(3,4)5/h1,8-10,15,17H,11-14H2,2-6H3,(H,26,27,30)/t15-,17-,24-/m0/s1. The van der Waals surface area contributed by atoms with Crippen molar-refractivity contribution in [1.82, 2.24) is 10.2 Å². The van der Waals surface area contributed by atoms with E-state index in [1.807, 2.05) is 13.8 Å². The minimum absolute atomic E-state index is 0.000563. The van der Waals surface area contributed by atoms with E-state index in [-0.39, 0.29) is 30.4 Å². The van der Waals surface area contributed by atoms with Gasteiger partial charge in [0.2, 0.25) is 11.9 Å². The van der Waals surface area contributed by atoms with E-state index in [1.165, 1.54) is 0 Å². The molecule has 0 radical (unpaired) electrons. The van der Waals surface area contributed by atoms with Crippen molar-refractivity contribution in [3.8, 4) is 12.3 Å². The molecule has 1 aromatic carbocycles. The summed E-state index contributed by atoms with van der Waals surface area (Å²) in [6.07, 6.45) is 6.27. The quantitative estimate of drug-likeness (QED) is 0.671. The Bertz CT molecular complexity index is 978. The Hall–Kier alpha value is -2.56. The number of guanidine groups is 1. The van der Waals surface area contributed by atoms with Crippen LogP contribution >= 0.6 is 11.6 Å². The molecule has 1 fully saturated rings. The average molecular weight is 460 g/mol. The lowest BCUT2D eigenvalue weighted by Gasteiger charge is -2.42. The topological polar surface area (TPSA) is 80.2 Å². The predicted octanol–water partition coefficient (Wildman–Crippen LogP) is 4.22. The van der Waals surface area contributed by atoms with Gasteiger partial charge in [0, 0.05) is 18.2 Å². The van der Waals surface area contributed by atoms with Gasteiger partial charge < -0.3 is 9.47 Å². The minimum atomic E-state index is -1.00. The number of ether oxygens (including phenoxy) is 2. The number of carbonyl (C=O) groups is 2. The van der Waals surface area contributed by atoms with E-state index in [2.05, 4.69) is 11.2 Å². The number of nitrogens with zero attached hydrogens (tertiary/aromatic N) is 2. The molecule has 3 rings (SSSR count).